The first-order chi connectivity index (χ1) is 8.49. The molecule has 3 N–H and O–H groups in total. The maximum atomic E-state index is 12.2. The molecule has 18 heavy (non-hydrogen) atoms. The number of nitrogens with one attached hydrogen (secondary N) is 2. The van der Waals surface area contributed by atoms with Crippen LogP contribution in [0.5, 0.6) is 0 Å². The predicted molar refractivity (Wildman–Crippen MR) is 66.3 cm³/mol. The number of carbonyl (C=O) groups is 2. The summed E-state index contributed by atoms with van der Waals surface area (Å²) in [5.74, 6) is -1.19. The molecule has 0 aromatic heterocycles. The molecule has 1 aliphatic heterocycles. The van der Waals surface area contributed by atoms with Crippen molar-refractivity contribution in [1.29, 1.82) is 0 Å². The largest absolute Gasteiger partial charge is 0.480 e. The molecule has 0 bridgehead atoms. The molecule has 1 amide bonds. The lowest BCUT2D eigenvalue weighted by molar-refractivity contribution is -0.144. The second-order valence-corrected chi connectivity index (χ2v) is 4.96. The minimum atomic E-state index is -1.02. The molecule has 0 saturated carbocycles. The van der Waals surface area contributed by atoms with Crippen LogP contribution in [0.4, 0.5) is 0 Å². The van der Waals surface area contributed by atoms with Crippen molar-refractivity contribution in [3.05, 3.63) is 0 Å². The van der Waals surface area contributed by atoms with Crippen LogP contribution in [0.1, 0.15) is 26.2 Å². The van der Waals surface area contributed by atoms with Gasteiger partial charge in [0.15, 0.2) is 0 Å². The van der Waals surface area contributed by atoms with Crippen molar-refractivity contribution in [2.24, 2.45) is 5.41 Å². The molecule has 1 aliphatic rings. The van der Waals surface area contributed by atoms with Crippen molar-refractivity contribution in [1.82, 2.24) is 10.6 Å². The molecule has 104 valence electrons. The Bertz CT molecular complexity index is 300. The highest BCUT2D eigenvalue weighted by molar-refractivity contribution is 5.87. The molecule has 0 aromatic carbocycles. The average molecular weight is 258 g/mol. The van der Waals surface area contributed by atoms with Crippen LogP contribution in [0.15, 0.2) is 0 Å². The van der Waals surface area contributed by atoms with Crippen LogP contribution < -0.4 is 10.6 Å². The number of aliphatic carboxylic acids is 1. The third-order valence-corrected chi connectivity index (χ3v) is 3.47. The monoisotopic (exact) mass is 258 g/mol. The number of hydrogen-bond acceptors (Lipinski definition) is 4. The quantitative estimate of drug-likeness (QED) is 0.623. The first kappa shape index (κ1) is 14.9. The van der Waals surface area contributed by atoms with Gasteiger partial charge in [0, 0.05) is 25.6 Å². The predicted octanol–water partition coefficient (Wildman–Crippen LogP) is -0.0180. The van der Waals surface area contributed by atoms with Gasteiger partial charge in [-0.15, -0.1) is 0 Å². The Morgan fingerprint density at radius 2 is 2.06 bits per heavy atom. The second-order valence-electron chi connectivity index (χ2n) is 4.96. The lowest BCUT2D eigenvalue weighted by atomic mass is 9.80. The third-order valence-electron chi connectivity index (χ3n) is 3.47. The maximum absolute atomic E-state index is 12.2. The van der Waals surface area contributed by atoms with Gasteiger partial charge in [-0.05, 0) is 25.9 Å². The van der Waals surface area contributed by atoms with Crippen molar-refractivity contribution in [2.75, 3.05) is 26.8 Å². The van der Waals surface area contributed by atoms with Gasteiger partial charge in [-0.3, -0.25) is 4.79 Å². The van der Waals surface area contributed by atoms with E-state index in [1.54, 1.807) is 0 Å². The first-order valence-corrected chi connectivity index (χ1v) is 6.23. The fourth-order valence-corrected chi connectivity index (χ4v) is 2.03. The number of methoxy groups -OCH3 is 1. The zero-order chi connectivity index (χ0) is 13.6. The van der Waals surface area contributed by atoms with Gasteiger partial charge in [0.05, 0.1) is 0 Å². The molecule has 1 rings (SSSR count). The van der Waals surface area contributed by atoms with Gasteiger partial charge in [-0.25, -0.2) is 4.79 Å². The Balaban J connectivity index is 2.56. The summed E-state index contributed by atoms with van der Waals surface area (Å²) >= 11 is 0. The summed E-state index contributed by atoms with van der Waals surface area (Å²) in [4.78, 5) is 23.2. The Hall–Kier alpha value is -1.14. The Labute approximate surface area is 107 Å². The molecule has 0 radical (unpaired) electrons. The summed E-state index contributed by atoms with van der Waals surface area (Å²) in [6, 6.07) is -0.871. The topological polar surface area (TPSA) is 87.7 Å². The average Bonchev–Trinajstić information content (AvgIpc) is 2.34. The fraction of sp³-hybridized carbons (Fsp3) is 0.833. The summed E-state index contributed by atoms with van der Waals surface area (Å²) in [7, 11) is 1.51. The molecule has 1 fully saturated rings. The van der Waals surface area contributed by atoms with E-state index in [0.29, 0.717) is 6.61 Å². The lowest BCUT2D eigenvalue weighted by Crippen LogP contribution is -2.51. The number of amides is 1. The van der Waals surface area contributed by atoms with Crippen LogP contribution in [0.2, 0.25) is 0 Å². The van der Waals surface area contributed by atoms with Gasteiger partial charge in [-0.1, -0.05) is 6.92 Å². The lowest BCUT2D eigenvalue weighted by Gasteiger charge is -2.33. The molecule has 1 atom stereocenters. The Kier molecular flexibility index (Phi) is 5.55. The minimum absolute atomic E-state index is 0.174. The van der Waals surface area contributed by atoms with Crippen LogP contribution in [-0.2, 0) is 14.3 Å². The van der Waals surface area contributed by atoms with Crippen molar-refractivity contribution in [2.45, 2.75) is 32.2 Å². The zero-order valence-corrected chi connectivity index (χ0v) is 11.0. The molecule has 1 saturated heterocycles. The van der Waals surface area contributed by atoms with E-state index < -0.39 is 17.4 Å². The van der Waals surface area contributed by atoms with Gasteiger partial charge < -0.3 is 20.5 Å². The van der Waals surface area contributed by atoms with Crippen LogP contribution in [0.3, 0.4) is 0 Å². The standard InChI is InChI=1S/C12H22N2O4/c1-12(4-6-13-7-5-12)11(17)14-9(10(15)16)3-8-18-2/h9,13H,3-8H2,1-2H3,(H,14,17)(H,15,16). The SMILES string of the molecule is COCCC(NC(=O)C1(C)CCNCC1)C(=O)O. The smallest absolute Gasteiger partial charge is 0.326 e. The number of rotatable bonds is 6. The van der Waals surface area contributed by atoms with E-state index in [1.807, 2.05) is 6.92 Å². The minimum Gasteiger partial charge on any atom is -0.480 e. The van der Waals surface area contributed by atoms with E-state index in [0.717, 1.165) is 25.9 Å². The Morgan fingerprint density at radius 1 is 1.44 bits per heavy atom. The molecule has 6 nitrogen and oxygen atoms in total. The summed E-state index contributed by atoms with van der Waals surface area (Å²) in [6.07, 6.45) is 1.75. The van der Waals surface area contributed by atoms with Gasteiger partial charge in [0.1, 0.15) is 6.04 Å². The number of piperidine rings is 1. The molecule has 1 heterocycles. The molecule has 1 unspecified atom stereocenters. The van der Waals surface area contributed by atoms with E-state index in [2.05, 4.69) is 10.6 Å². The normalized spacial score (nSPS) is 20.1. The maximum Gasteiger partial charge on any atom is 0.326 e. The van der Waals surface area contributed by atoms with E-state index in [4.69, 9.17) is 9.84 Å². The number of carbonyl (C=O) groups excluding carboxylic acids is 1. The van der Waals surface area contributed by atoms with Gasteiger partial charge in [0.2, 0.25) is 5.91 Å². The van der Waals surface area contributed by atoms with Crippen molar-refractivity contribution >= 4 is 11.9 Å². The van der Waals surface area contributed by atoms with E-state index >= 15 is 0 Å². The van der Waals surface area contributed by atoms with Crippen LogP contribution >= 0.6 is 0 Å². The first-order valence-electron chi connectivity index (χ1n) is 6.23. The molecular formula is C12H22N2O4. The second kappa shape index (κ2) is 6.70. The molecule has 0 spiro atoms. The van der Waals surface area contributed by atoms with Gasteiger partial charge in [-0.2, -0.15) is 0 Å². The molecule has 0 aromatic rings. The van der Waals surface area contributed by atoms with Crippen molar-refractivity contribution in [3.63, 3.8) is 0 Å². The fourth-order valence-electron chi connectivity index (χ4n) is 2.03. The van der Waals surface area contributed by atoms with E-state index in [9.17, 15) is 9.59 Å². The molecule has 6 heteroatoms. The number of carboxylic acid groups (broad SMARTS) is 1. The summed E-state index contributed by atoms with van der Waals surface area (Å²) in [6.45, 7) is 3.79. The van der Waals surface area contributed by atoms with Crippen LogP contribution in [0, 0.1) is 5.41 Å². The van der Waals surface area contributed by atoms with Crippen LogP contribution in [-0.4, -0.2) is 49.8 Å². The van der Waals surface area contributed by atoms with Crippen LogP contribution in [0.25, 0.3) is 0 Å². The molecular weight excluding hydrogens is 236 g/mol. The van der Waals surface area contributed by atoms with Crippen molar-refractivity contribution < 1.29 is 19.4 Å². The van der Waals surface area contributed by atoms with E-state index in [-0.39, 0.29) is 12.3 Å². The van der Waals surface area contributed by atoms with E-state index in [1.165, 1.54) is 7.11 Å². The van der Waals surface area contributed by atoms with Gasteiger partial charge in [0.25, 0.3) is 0 Å². The number of hydrogen-bond donors (Lipinski definition) is 3. The highest BCUT2D eigenvalue weighted by atomic mass is 16.5. The summed E-state index contributed by atoms with van der Waals surface area (Å²) in [5, 5.41) is 14.9. The molecule has 0 aliphatic carbocycles. The summed E-state index contributed by atoms with van der Waals surface area (Å²) in [5.41, 5.74) is -0.466. The number of ether oxygens (including phenoxy) is 1. The summed E-state index contributed by atoms with van der Waals surface area (Å²) < 4.78 is 4.85. The zero-order valence-electron chi connectivity index (χ0n) is 11.0. The third kappa shape index (κ3) is 3.96. The highest BCUT2D eigenvalue weighted by Crippen LogP contribution is 2.28. The number of carboxylic acids is 1. The highest BCUT2D eigenvalue weighted by Gasteiger charge is 2.36. The Morgan fingerprint density at radius 3 is 2.56 bits per heavy atom. The van der Waals surface area contributed by atoms with Gasteiger partial charge >= 0.3 is 5.97 Å². The van der Waals surface area contributed by atoms with Crippen molar-refractivity contribution in [3.8, 4) is 0 Å².